The smallest absolute Gasteiger partial charge is 0.287 e. The fourth-order valence-electron chi connectivity index (χ4n) is 3.22. The summed E-state index contributed by atoms with van der Waals surface area (Å²) in [6.07, 6.45) is -0.128. The number of amides is 1. The van der Waals surface area contributed by atoms with Crippen molar-refractivity contribution < 1.29 is 18.8 Å². The Hall–Kier alpha value is -2.45. The van der Waals surface area contributed by atoms with Gasteiger partial charge in [0.25, 0.3) is 5.91 Å². The number of nitrogens with one attached hydrogen (secondary N) is 1. The van der Waals surface area contributed by atoms with Gasteiger partial charge in [-0.2, -0.15) is 0 Å². The second-order valence-corrected chi connectivity index (χ2v) is 6.74. The molecule has 1 aliphatic heterocycles. The number of hydrogen-bond acceptors (Lipinski definition) is 7. The lowest BCUT2D eigenvalue weighted by atomic mass is 10.0. The number of nitrogens with zero attached hydrogens (tertiary/aromatic N) is 2. The number of carbonyl (C=O) groups excluding carboxylic acids is 1. The maximum absolute atomic E-state index is 12.3. The molecule has 1 fully saturated rings. The minimum atomic E-state index is -0.718. The molecule has 0 saturated carbocycles. The summed E-state index contributed by atoms with van der Waals surface area (Å²) in [5.41, 5.74) is 1.59. The molecule has 2 N–H and O–H groups in total. The maximum atomic E-state index is 12.3. The van der Waals surface area contributed by atoms with Gasteiger partial charge in [-0.1, -0.05) is 5.16 Å². The van der Waals surface area contributed by atoms with Gasteiger partial charge in [-0.15, -0.1) is 0 Å². The summed E-state index contributed by atoms with van der Waals surface area (Å²) in [7, 11) is 0. The van der Waals surface area contributed by atoms with Crippen molar-refractivity contribution in [3.05, 3.63) is 50.9 Å². The van der Waals surface area contributed by atoms with Crippen LogP contribution in [0.15, 0.2) is 25.9 Å². The molecule has 1 amide bonds. The molecule has 8 heteroatoms. The van der Waals surface area contributed by atoms with Crippen LogP contribution in [0, 0.1) is 20.8 Å². The zero-order valence-corrected chi connectivity index (χ0v) is 15.1. The number of aryl methyl sites for hydroxylation is 3. The average Bonchev–Trinajstić information content (AvgIpc) is 2.88. The Morgan fingerprint density at radius 2 is 2.15 bits per heavy atom. The summed E-state index contributed by atoms with van der Waals surface area (Å²) in [4.78, 5) is 25.9. The fourth-order valence-corrected chi connectivity index (χ4v) is 3.22. The summed E-state index contributed by atoms with van der Waals surface area (Å²) >= 11 is 0. The Morgan fingerprint density at radius 1 is 1.38 bits per heavy atom. The zero-order chi connectivity index (χ0) is 18.8. The fraction of sp³-hybridized carbons (Fsp3) is 0.500. The molecule has 3 heterocycles. The molecule has 2 aromatic heterocycles. The standard InChI is InChI=1S/C18H23N3O5/c1-10-6-13(22)7-17(25-10)18(24)19-15-4-5-21(9-16(15)23)8-14-11(2)20-26-12(14)3/h6-7,15-16,23H,4-5,8-9H2,1-3H3,(H,19,24)/t15-,16-/m1/s1. The number of aromatic nitrogens is 1. The Balaban J connectivity index is 1.60. The molecular weight excluding hydrogens is 338 g/mol. The number of likely N-dealkylation sites (tertiary alicyclic amines) is 1. The first-order valence-electron chi connectivity index (χ1n) is 8.58. The van der Waals surface area contributed by atoms with Crippen LogP contribution in [-0.2, 0) is 6.54 Å². The van der Waals surface area contributed by atoms with E-state index in [1.807, 2.05) is 13.8 Å². The van der Waals surface area contributed by atoms with Crippen LogP contribution in [0.5, 0.6) is 0 Å². The average molecular weight is 361 g/mol. The molecular formula is C18H23N3O5. The summed E-state index contributed by atoms with van der Waals surface area (Å²) in [6, 6.07) is 2.08. The van der Waals surface area contributed by atoms with Crippen LogP contribution in [0.1, 0.15) is 39.8 Å². The highest BCUT2D eigenvalue weighted by Gasteiger charge is 2.30. The largest absolute Gasteiger partial charge is 0.456 e. The van der Waals surface area contributed by atoms with E-state index in [-0.39, 0.29) is 11.2 Å². The van der Waals surface area contributed by atoms with Crippen LogP contribution in [0.4, 0.5) is 0 Å². The third-order valence-corrected chi connectivity index (χ3v) is 4.66. The molecule has 140 valence electrons. The van der Waals surface area contributed by atoms with Gasteiger partial charge in [0.2, 0.25) is 0 Å². The van der Waals surface area contributed by atoms with Crippen molar-refractivity contribution in [1.29, 1.82) is 0 Å². The summed E-state index contributed by atoms with van der Waals surface area (Å²) in [5, 5.41) is 17.1. The number of aliphatic hydroxyl groups excluding tert-OH is 1. The van der Waals surface area contributed by atoms with Crippen molar-refractivity contribution >= 4 is 5.91 Å². The molecule has 0 aromatic carbocycles. The van der Waals surface area contributed by atoms with Crippen LogP contribution in [0.3, 0.4) is 0 Å². The number of aliphatic hydroxyl groups is 1. The number of carbonyl (C=O) groups is 1. The molecule has 0 aliphatic carbocycles. The first-order chi connectivity index (χ1) is 12.3. The predicted molar refractivity (Wildman–Crippen MR) is 92.8 cm³/mol. The SMILES string of the molecule is Cc1cc(=O)cc(C(=O)N[C@@H]2CCN(Cc3c(C)noc3C)C[C@H]2O)o1. The van der Waals surface area contributed by atoms with Gasteiger partial charge in [-0.05, 0) is 27.2 Å². The zero-order valence-electron chi connectivity index (χ0n) is 15.1. The van der Waals surface area contributed by atoms with Crippen LogP contribution < -0.4 is 10.7 Å². The van der Waals surface area contributed by atoms with Gasteiger partial charge in [0, 0.05) is 37.3 Å². The molecule has 0 spiro atoms. The molecule has 0 bridgehead atoms. The minimum Gasteiger partial charge on any atom is -0.456 e. The van der Waals surface area contributed by atoms with E-state index in [9.17, 15) is 14.7 Å². The van der Waals surface area contributed by atoms with Crippen LogP contribution in [-0.4, -0.2) is 46.3 Å². The number of β-amino-alcohol motifs (C(OH)–C–C–N with tert-alkyl or cyclic N) is 1. The Bertz CT molecular complexity index is 837. The quantitative estimate of drug-likeness (QED) is 0.833. The van der Waals surface area contributed by atoms with E-state index in [0.29, 0.717) is 31.8 Å². The molecule has 2 aromatic rings. The van der Waals surface area contributed by atoms with Gasteiger partial charge in [0.05, 0.1) is 17.8 Å². The second-order valence-electron chi connectivity index (χ2n) is 6.74. The van der Waals surface area contributed by atoms with Crippen LogP contribution in [0.25, 0.3) is 0 Å². The molecule has 3 rings (SSSR count). The van der Waals surface area contributed by atoms with Gasteiger partial charge < -0.3 is 19.4 Å². The number of rotatable bonds is 4. The first kappa shape index (κ1) is 18.3. The first-order valence-corrected chi connectivity index (χ1v) is 8.58. The number of hydrogen-bond donors (Lipinski definition) is 2. The second kappa shape index (κ2) is 7.43. The van der Waals surface area contributed by atoms with E-state index in [4.69, 9.17) is 8.94 Å². The molecule has 1 aliphatic rings. The monoisotopic (exact) mass is 361 g/mol. The van der Waals surface area contributed by atoms with E-state index < -0.39 is 18.1 Å². The highest BCUT2D eigenvalue weighted by Crippen LogP contribution is 2.19. The van der Waals surface area contributed by atoms with E-state index in [2.05, 4.69) is 15.4 Å². The van der Waals surface area contributed by atoms with Crippen molar-refractivity contribution in [2.45, 2.75) is 45.9 Å². The van der Waals surface area contributed by atoms with Gasteiger partial charge >= 0.3 is 0 Å². The molecule has 0 radical (unpaired) electrons. The highest BCUT2D eigenvalue weighted by atomic mass is 16.5. The van der Waals surface area contributed by atoms with Crippen molar-refractivity contribution in [3.8, 4) is 0 Å². The predicted octanol–water partition coefficient (Wildman–Crippen LogP) is 0.918. The van der Waals surface area contributed by atoms with E-state index in [1.54, 1.807) is 6.92 Å². The Morgan fingerprint density at radius 3 is 2.77 bits per heavy atom. The third kappa shape index (κ3) is 4.03. The lowest BCUT2D eigenvalue weighted by molar-refractivity contribution is 0.0340. The van der Waals surface area contributed by atoms with Gasteiger partial charge in [0.15, 0.2) is 11.2 Å². The Kier molecular flexibility index (Phi) is 5.24. The molecule has 0 unspecified atom stereocenters. The van der Waals surface area contributed by atoms with Crippen LogP contribution in [0.2, 0.25) is 0 Å². The van der Waals surface area contributed by atoms with Crippen molar-refractivity contribution in [2.24, 2.45) is 0 Å². The van der Waals surface area contributed by atoms with Crippen LogP contribution >= 0.6 is 0 Å². The van der Waals surface area contributed by atoms with Crippen molar-refractivity contribution in [1.82, 2.24) is 15.4 Å². The van der Waals surface area contributed by atoms with E-state index in [1.165, 1.54) is 6.07 Å². The van der Waals surface area contributed by atoms with E-state index >= 15 is 0 Å². The lowest BCUT2D eigenvalue weighted by Gasteiger charge is -2.36. The summed E-state index contributed by atoms with van der Waals surface area (Å²) < 4.78 is 10.5. The Labute approximate surface area is 150 Å². The summed E-state index contributed by atoms with van der Waals surface area (Å²) in [6.45, 7) is 7.15. The minimum absolute atomic E-state index is 0.0413. The third-order valence-electron chi connectivity index (χ3n) is 4.66. The topological polar surface area (TPSA) is 109 Å². The van der Waals surface area contributed by atoms with E-state index in [0.717, 1.165) is 23.1 Å². The van der Waals surface area contributed by atoms with Crippen molar-refractivity contribution in [2.75, 3.05) is 13.1 Å². The highest BCUT2D eigenvalue weighted by molar-refractivity contribution is 5.91. The van der Waals surface area contributed by atoms with Crippen molar-refractivity contribution in [3.63, 3.8) is 0 Å². The number of piperidine rings is 1. The molecule has 1 saturated heterocycles. The molecule has 26 heavy (non-hydrogen) atoms. The van der Waals surface area contributed by atoms with Gasteiger partial charge in [-0.25, -0.2) is 0 Å². The lowest BCUT2D eigenvalue weighted by Crippen LogP contribution is -2.53. The summed E-state index contributed by atoms with van der Waals surface area (Å²) in [5.74, 6) is 0.619. The molecule has 8 nitrogen and oxygen atoms in total. The normalized spacial score (nSPS) is 20.9. The van der Waals surface area contributed by atoms with Gasteiger partial charge in [0.1, 0.15) is 11.5 Å². The maximum Gasteiger partial charge on any atom is 0.287 e. The molecule has 2 atom stereocenters. The van der Waals surface area contributed by atoms with Gasteiger partial charge in [-0.3, -0.25) is 14.5 Å².